The van der Waals surface area contributed by atoms with E-state index in [1.165, 1.54) is 21.7 Å². The molecule has 0 bridgehead atoms. The fraction of sp³-hybridized carbons (Fsp3) is 0.0800. The Labute approximate surface area is 167 Å². The number of hydrogen-bond acceptors (Lipinski definition) is 4. The second-order valence-corrected chi connectivity index (χ2v) is 7.36. The van der Waals surface area contributed by atoms with E-state index < -0.39 is 0 Å². The average molecular weight is 375 g/mol. The highest BCUT2D eigenvalue weighted by Gasteiger charge is 2.25. The minimum absolute atomic E-state index is 0.642. The van der Waals surface area contributed by atoms with Crippen LogP contribution >= 0.6 is 0 Å². The van der Waals surface area contributed by atoms with Gasteiger partial charge in [0.25, 0.3) is 0 Å². The van der Waals surface area contributed by atoms with Crippen molar-refractivity contribution in [3.63, 3.8) is 0 Å². The molecule has 0 spiro atoms. The largest absolute Gasteiger partial charge is 0.455 e. The third-order valence-corrected chi connectivity index (χ3v) is 5.47. The summed E-state index contributed by atoms with van der Waals surface area (Å²) >= 11 is 0. The van der Waals surface area contributed by atoms with Gasteiger partial charge in [-0.3, -0.25) is 0 Å². The lowest BCUT2D eigenvalue weighted by molar-refractivity contribution is 0.489. The van der Waals surface area contributed by atoms with Gasteiger partial charge in [-0.1, -0.05) is 54.6 Å². The summed E-state index contributed by atoms with van der Waals surface area (Å²) in [5, 5.41) is 4.76. The van der Waals surface area contributed by atoms with Crippen molar-refractivity contribution in [1.29, 1.82) is 0 Å². The predicted molar refractivity (Wildman–Crippen MR) is 115 cm³/mol. The number of aryl methyl sites for hydroxylation is 2. The van der Waals surface area contributed by atoms with Crippen LogP contribution in [0.3, 0.4) is 0 Å². The van der Waals surface area contributed by atoms with Crippen molar-refractivity contribution in [2.45, 2.75) is 13.8 Å². The van der Waals surface area contributed by atoms with E-state index in [0.29, 0.717) is 17.5 Å². The molecule has 5 aromatic rings. The molecule has 0 amide bonds. The lowest BCUT2D eigenvalue weighted by Crippen LogP contribution is -2.03. The summed E-state index contributed by atoms with van der Waals surface area (Å²) in [4.78, 5) is 13.4. The first-order valence-electron chi connectivity index (χ1n) is 9.64. The Morgan fingerprint density at radius 3 is 2.21 bits per heavy atom. The molecule has 2 heterocycles. The Morgan fingerprint density at radius 2 is 1.34 bits per heavy atom. The number of aromatic nitrogens is 3. The second-order valence-electron chi connectivity index (χ2n) is 7.36. The van der Waals surface area contributed by atoms with Gasteiger partial charge in [-0.15, -0.1) is 0 Å². The maximum absolute atomic E-state index is 6.52. The zero-order valence-electron chi connectivity index (χ0n) is 16.1. The van der Waals surface area contributed by atoms with Crippen LogP contribution in [0.15, 0.2) is 66.7 Å². The molecule has 6 rings (SSSR count). The van der Waals surface area contributed by atoms with Crippen LogP contribution in [0.4, 0.5) is 0 Å². The Bertz CT molecular complexity index is 1440. The minimum atomic E-state index is 0.642. The second kappa shape index (κ2) is 5.85. The summed E-state index contributed by atoms with van der Waals surface area (Å²) < 4.78 is 6.52. The smallest absolute Gasteiger partial charge is 0.167 e. The highest BCUT2D eigenvalue weighted by Crippen LogP contribution is 2.51. The Hall–Kier alpha value is -3.79. The summed E-state index contributed by atoms with van der Waals surface area (Å²) in [6.45, 7) is 3.77. The lowest BCUT2D eigenvalue weighted by atomic mass is 9.90. The monoisotopic (exact) mass is 375 g/mol. The van der Waals surface area contributed by atoms with Gasteiger partial charge in [0.1, 0.15) is 23.1 Å². The summed E-state index contributed by atoms with van der Waals surface area (Å²) in [7, 11) is 0. The summed E-state index contributed by atoms with van der Waals surface area (Å²) in [6.07, 6.45) is 0. The molecule has 0 saturated carbocycles. The summed E-state index contributed by atoms with van der Waals surface area (Å²) in [5.74, 6) is 3.72. The van der Waals surface area contributed by atoms with E-state index in [0.717, 1.165) is 28.0 Å². The van der Waals surface area contributed by atoms with Crippen LogP contribution in [-0.2, 0) is 0 Å². The van der Waals surface area contributed by atoms with Crippen molar-refractivity contribution in [2.75, 3.05) is 0 Å². The van der Waals surface area contributed by atoms with Crippen LogP contribution in [-0.4, -0.2) is 15.0 Å². The number of hydrogen-bond donors (Lipinski definition) is 0. The van der Waals surface area contributed by atoms with Gasteiger partial charge in [-0.05, 0) is 47.7 Å². The van der Waals surface area contributed by atoms with Crippen LogP contribution in [0, 0.1) is 13.8 Å². The summed E-state index contributed by atoms with van der Waals surface area (Å²) in [5.41, 5.74) is 3.12. The van der Waals surface area contributed by atoms with Gasteiger partial charge < -0.3 is 4.74 Å². The Balaban J connectivity index is 1.69. The molecule has 0 radical (unpaired) electrons. The van der Waals surface area contributed by atoms with E-state index in [4.69, 9.17) is 4.74 Å². The minimum Gasteiger partial charge on any atom is -0.455 e. The number of fused-ring (bicyclic) bond motifs is 4. The van der Waals surface area contributed by atoms with Gasteiger partial charge in [0.2, 0.25) is 0 Å². The van der Waals surface area contributed by atoms with Gasteiger partial charge in [-0.2, -0.15) is 0 Å². The lowest BCUT2D eigenvalue weighted by Gasteiger charge is -2.24. The first-order valence-corrected chi connectivity index (χ1v) is 9.64. The predicted octanol–water partition coefficient (Wildman–Crippen LogP) is 6.23. The van der Waals surface area contributed by atoms with Gasteiger partial charge in [0.15, 0.2) is 5.82 Å². The molecule has 4 aromatic carbocycles. The first kappa shape index (κ1) is 16.2. The zero-order valence-corrected chi connectivity index (χ0v) is 16.1. The van der Waals surface area contributed by atoms with E-state index in [2.05, 4.69) is 69.5 Å². The fourth-order valence-corrected chi connectivity index (χ4v) is 4.31. The van der Waals surface area contributed by atoms with Crippen LogP contribution in [0.2, 0.25) is 0 Å². The van der Waals surface area contributed by atoms with Crippen molar-refractivity contribution >= 4 is 21.5 Å². The molecular formula is C25H17N3O. The fourth-order valence-electron chi connectivity index (χ4n) is 4.31. The van der Waals surface area contributed by atoms with E-state index in [1.54, 1.807) is 0 Å². The maximum atomic E-state index is 6.52. The summed E-state index contributed by atoms with van der Waals surface area (Å²) in [6, 6.07) is 23.2. The van der Waals surface area contributed by atoms with Crippen molar-refractivity contribution in [3.8, 4) is 34.0 Å². The van der Waals surface area contributed by atoms with Crippen molar-refractivity contribution in [3.05, 3.63) is 78.4 Å². The molecule has 0 aliphatic carbocycles. The van der Waals surface area contributed by atoms with E-state index in [-0.39, 0.29) is 0 Å². The number of para-hydroxylation sites is 1. The maximum Gasteiger partial charge on any atom is 0.167 e. The molecule has 29 heavy (non-hydrogen) atoms. The molecule has 0 atom stereocenters. The molecule has 0 unspecified atom stereocenters. The molecule has 0 N–H and O–H groups in total. The highest BCUT2D eigenvalue weighted by atomic mass is 16.5. The van der Waals surface area contributed by atoms with Gasteiger partial charge in [0.05, 0.1) is 5.56 Å². The van der Waals surface area contributed by atoms with Gasteiger partial charge in [0, 0.05) is 10.9 Å². The van der Waals surface area contributed by atoms with Crippen molar-refractivity contribution < 1.29 is 4.74 Å². The van der Waals surface area contributed by atoms with E-state index >= 15 is 0 Å². The normalized spacial score (nSPS) is 12.1. The van der Waals surface area contributed by atoms with Crippen LogP contribution in [0.25, 0.3) is 44.1 Å². The topological polar surface area (TPSA) is 47.9 Å². The molecule has 1 aliphatic heterocycles. The Kier molecular flexibility index (Phi) is 3.27. The molecule has 0 saturated heterocycles. The van der Waals surface area contributed by atoms with Crippen molar-refractivity contribution in [2.24, 2.45) is 0 Å². The standard InChI is InChI=1S/C25H17N3O/c1-14-26-15(2)28-25(27-14)21-12-6-11-20-19-10-5-9-18-17-8-4-3-7-16(17)13-22(23(18)19)29-24(20)21/h3-13H,1-2H3. The van der Waals surface area contributed by atoms with Crippen LogP contribution < -0.4 is 4.74 Å². The van der Waals surface area contributed by atoms with E-state index in [1.807, 2.05) is 26.0 Å². The van der Waals surface area contributed by atoms with Gasteiger partial charge >= 0.3 is 0 Å². The number of rotatable bonds is 1. The molecule has 4 nitrogen and oxygen atoms in total. The van der Waals surface area contributed by atoms with Crippen molar-refractivity contribution in [1.82, 2.24) is 15.0 Å². The first-order chi connectivity index (χ1) is 14.2. The molecule has 138 valence electrons. The highest BCUT2D eigenvalue weighted by molar-refractivity contribution is 6.16. The van der Waals surface area contributed by atoms with Gasteiger partial charge in [-0.25, -0.2) is 15.0 Å². The third kappa shape index (κ3) is 2.36. The molecular weight excluding hydrogens is 358 g/mol. The quantitative estimate of drug-likeness (QED) is 0.319. The SMILES string of the molecule is Cc1nc(C)nc(-c2cccc3c2Oc2cc4ccccc4c4cccc-3c24)n1. The molecule has 4 heteroatoms. The van der Waals surface area contributed by atoms with Crippen LogP contribution in [0.5, 0.6) is 11.5 Å². The Morgan fingerprint density at radius 1 is 0.655 bits per heavy atom. The number of nitrogens with zero attached hydrogens (tertiary/aromatic N) is 3. The molecule has 1 aromatic heterocycles. The van der Waals surface area contributed by atoms with E-state index in [9.17, 15) is 0 Å². The van der Waals surface area contributed by atoms with Crippen LogP contribution in [0.1, 0.15) is 11.6 Å². The third-order valence-electron chi connectivity index (χ3n) is 5.47. The average Bonchev–Trinajstić information content (AvgIpc) is 2.73. The number of ether oxygens (including phenoxy) is 1. The molecule has 1 aliphatic rings. The molecule has 0 fully saturated rings. The zero-order chi connectivity index (χ0) is 19.5. The number of benzene rings is 4.